The fraction of sp³-hybridized carbons (Fsp3) is 0.600. The summed E-state index contributed by atoms with van der Waals surface area (Å²) in [5.41, 5.74) is 2.17. The highest BCUT2D eigenvalue weighted by molar-refractivity contribution is 5.51. The number of anilines is 1. The molecule has 3 heterocycles. The zero-order valence-corrected chi connectivity index (χ0v) is 11.7. The molecule has 0 bridgehead atoms. The molecule has 2 aromatic rings. The Morgan fingerprint density at radius 3 is 2.68 bits per heavy atom. The predicted molar refractivity (Wildman–Crippen MR) is 77.7 cm³/mol. The third-order valence-electron chi connectivity index (χ3n) is 3.83. The Labute approximate surface area is 114 Å². The summed E-state index contributed by atoms with van der Waals surface area (Å²) in [7, 11) is 0. The molecule has 0 spiro atoms. The molecule has 1 aliphatic heterocycles. The molecule has 1 saturated heterocycles. The van der Waals surface area contributed by atoms with Crippen molar-refractivity contribution >= 4 is 11.5 Å². The molecule has 0 amide bonds. The number of rotatable bonds is 3. The van der Waals surface area contributed by atoms with E-state index < -0.39 is 0 Å². The molecule has 0 N–H and O–H groups in total. The number of aromatic nitrogens is 3. The van der Waals surface area contributed by atoms with Gasteiger partial charge in [-0.3, -0.25) is 0 Å². The minimum absolute atomic E-state index is 0.977. The van der Waals surface area contributed by atoms with Crippen LogP contribution in [-0.2, 0) is 6.42 Å². The van der Waals surface area contributed by atoms with Crippen LogP contribution in [0.4, 0.5) is 5.82 Å². The lowest BCUT2D eigenvalue weighted by Crippen LogP contribution is -2.26. The van der Waals surface area contributed by atoms with Gasteiger partial charge in [-0.25, -0.2) is 4.98 Å². The first kappa shape index (κ1) is 12.5. The average Bonchev–Trinajstić information content (AvgIpc) is 2.72. The Hall–Kier alpha value is -1.58. The zero-order chi connectivity index (χ0) is 13.1. The van der Waals surface area contributed by atoms with Crippen molar-refractivity contribution in [2.24, 2.45) is 0 Å². The molecule has 0 radical (unpaired) electrons. The maximum absolute atomic E-state index is 4.68. The summed E-state index contributed by atoms with van der Waals surface area (Å²) in [5.74, 6) is 1.22. The van der Waals surface area contributed by atoms with E-state index in [1.165, 1.54) is 37.2 Å². The minimum atomic E-state index is 0.977. The molecule has 4 heteroatoms. The largest absolute Gasteiger partial charge is 0.356 e. The van der Waals surface area contributed by atoms with E-state index in [1.54, 1.807) is 0 Å². The smallest absolute Gasteiger partial charge is 0.157 e. The molecule has 0 aromatic carbocycles. The molecule has 4 nitrogen and oxygen atoms in total. The average molecular weight is 258 g/mol. The van der Waals surface area contributed by atoms with Crippen LogP contribution in [0.3, 0.4) is 0 Å². The van der Waals surface area contributed by atoms with E-state index >= 15 is 0 Å². The first-order valence-electron chi connectivity index (χ1n) is 7.47. The van der Waals surface area contributed by atoms with Crippen molar-refractivity contribution in [3.05, 3.63) is 24.0 Å². The van der Waals surface area contributed by atoms with E-state index in [9.17, 15) is 0 Å². The minimum Gasteiger partial charge on any atom is -0.356 e. The van der Waals surface area contributed by atoms with Gasteiger partial charge in [-0.05, 0) is 19.3 Å². The number of nitrogens with zero attached hydrogens (tertiary/aromatic N) is 4. The van der Waals surface area contributed by atoms with Gasteiger partial charge in [0, 0.05) is 30.9 Å². The number of aryl methyl sites for hydroxylation is 1. The van der Waals surface area contributed by atoms with Gasteiger partial charge >= 0.3 is 0 Å². The second-order valence-electron chi connectivity index (χ2n) is 5.36. The molecule has 1 aliphatic rings. The van der Waals surface area contributed by atoms with Crippen molar-refractivity contribution in [2.75, 3.05) is 18.0 Å². The van der Waals surface area contributed by atoms with E-state index in [4.69, 9.17) is 0 Å². The quantitative estimate of drug-likeness (QED) is 0.848. The van der Waals surface area contributed by atoms with Gasteiger partial charge in [0.25, 0.3) is 0 Å². The predicted octanol–water partition coefficient (Wildman–Crippen LogP) is 3.06. The molecule has 1 fully saturated rings. The highest BCUT2D eigenvalue weighted by atomic mass is 15.3. The van der Waals surface area contributed by atoms with Gasteiger partial charge in [0.2, 0.25) is 0 Å². The molecule has 2 aromatic heterocycles. The molecule has 19 heavy (non-hydrogen) atoms. The van der Waals surface area contributed by atoms with Crippen molar-refractivity contribution in [1.82, 2.24) is 14.6 Å². The lowest BCUT2D eigenvalue weighted by Gasteiger charge is -2.23. The third kappa shape index (κ3) is 2.57. The summed E-state index contributed by atoms with van der Waals surface area (Å²) in [6.07, 6.45) is 9.30. The topological polar surface area (TPSA) is 33.4 Å². The Balaban J connectivity index is 2.01. The van der Waals surface area contributed by atoms with Gasteiger partial charge < -0.3 is 4.90 Å². The van der Waals surface area contributed by atoms with Crippen LogP contribution in [0.25, 0.3) is 5.65 Å². The maximum atomic E-state index is 4.68. The van der Waals surface area contributed by atoms with Gasteiger partial charge in [-0.15, -0.1) is 0 Å². The Kier molecular flexibility index (Phi) is 3.67. The summed E-state index contributed by atoms with van der Waals surface area (Å²) in [6.45, 7) is 4.49. The van der Waals surface area contributed by atoms with Crippen LogP contribution < -0.4 is 4.90 Å². The second-order valence-corrected chi connectivity index (χ2v) is 5.36. The summed E-state index contributed by atoms with van der Waals surface area (Å²) >= 11 is 0. The van der Waals surface area contributed by atoms with Crippen LogP contribution >= 0.6 is 0 Å². The van der Waals surface area contributed by atoms with Gasteiger partial charge in [-0.2, -0.15) is 9.61 Å². The summed E-state index contributed by atoms with van der Waals surface area (Å²) in [6, 6.07) is 4.23. The second kappa shape index (κ2) is 5.59. The molecule has 0 saturated carbocycles. The van der Waals surface area contributed by atoms with Gasteiger partial charge in [0.05, 0.1) is 6.20 Å². The van der Waals surface area contributed by atoms with Crippen molar-refractivity contribution in [1.29, 1.82) is 0 Å². The van der Waals surface area contributed by atoms with Crippen molar-refractivity contribution < 1.29 is 0 Å². The zero-order valence-electron chi connectivity index (χ0n) is 11.7. The van der Waals surface area contributed by atoms with Crippen molar-refractivity contribution in [3.8, 4) is 0 Å². The van der Waals surface area contributed by atoms with Gasteiger partial charge in [0.15, 0.2) is 5.65 Å². The lowest BCUT2D eigenvalue weighted by atomic mass is 10.2. The standard InChI is InChI=1S/C15H22N4/c1-2-7-13-12-15(18-10-5-3-4-6-11-18)19-14(17-13)8-9-16-19/h8-9,12H,2-7,10-11H2,1H3. The molecular formula is C15H22N4. The maximum Gasteiger partial charge on any atom is 0.157 e. The number of hydrogen-bond donors (Lipinski definition) is 0. The number of fused-ring (bicyclic) bond motifs is 1. The Bertz CT molecular complexity index is 538. The van der Waals surface area contributed by atoms with E-state index in [-0.39, 0.29) is 0 Å². The Morgan fingerprint density at radius 2 is 1.95 bits per heavy atom. The summed E-state index contributed by atoms with van der Waals surface area (Å²) in [4.78, 5) is 7.16. The van der Waals surface area contributed by atoms with Crippen LogP contribution in [0.15, 0.2) is 18.3 Å². The first-order chi connectivity index (χ1) is 9.38. The van der Waals surface area contributed by atoms with Crippen LogP contribution in [0.2, 0.25) is 0 Å². The van der Waals surface area contributed by atoms with E-state index in [2.05, 4.69) is 28.0 Å². The van der Waals surface area contributed by atoms with Crippen LogP contribution in [0.5, 0.6) is 0 Å². The molecule has 0 aliphatic carbocycles. The van der Waals surface area contributed by atoms with Gasteiger partial charge in [-0.1, -0.05) is 26.2 Å². The van der Waals surface area contributed by atoms with Crippen LogP contribution in [0, 0.1) is 0 Å². The highest BCUT2D eigenvalue weighted by Crippen LogP contribution is 2.21. The summed E-state index contributed by atoms with van der Waals surface area (Å²) in [5, 5.41) is 4.44. The summed E-state index contributed by atoms with van der Waals surface area (Å²) < 4.78 is 1.99. The van der Waals surface area contributed by atoms with Crippen molar-refractivity contribution in [2.45, 2.75) is 45.4 Å². The molecule has 3 rings (SSSR count). The van der Waals surface area contributed by atoms with Crippen LogP contribution in [0.1, 0.15) is 44.7 Å². The first-order valence-corrected chi connectivity index (χ1v) is 7.47. The lowest BCUT2D eigenvalue weighted by molar-refractivity contribution is 0.726. The van der Waals surface area contributed by atoms with E-state index in [0.717, 1.165) is 31.6 Å². The molecule has 102 valence electrons. The SMILES string of the molecule is CCCc1cc(N2CCCCCC2)n2nccc2n1. The van der Waals surface area contributed by atoms with E-state index in [0.29, 0.717) is 0 Å². The monoisotopic (exact) mass is 258 g/mol. The van der Waals surface area contributed by atoms with Crippen LogP contribution in [-0.4, -0.2) is 27.7 Å². The molecule has 0 atom stereocenters. The van der Waals surface area contributed by atoms with Gasteiger partial charge in [0.1, 0.15) is 5.82 Å². The normalized spacial score (nSPS) is 16.8. The third-order valence-corrected chi connectivity index (χ3v) is 3.83. The molecular weight excluding hydrogens is 236 g/mol. The number of hydrogen-bond acceptors (Lipinski definition) is 3. The highest BCUT2D eigenvalue weighted by Gasteiger charge is 2.15. The van der Waals surface area contributed by atoms with E-state index in [1.807, 2.05) is 16.8 Å². The fourth-order valence-corrected chi connectivity index (χ4v) is 2.86. The Morgan fingerprint density at radius 1 is 1.16 bits per heavy atom. The molecule has 0 unspecified atom stereocenters. The van der Waals surface area contributed by atoms with Crippen molar-refractivity contribution in [3.63, 3.8) is 0 Å². The fourth-order valence-electron chi connectivity index (χ4n) is 2.86.